The third-order valence-corrected chi connectivity index (χ3v) is 4.58. The Morgan fingerprint density at radius 3 is 2.96 bits per heavy atom. The molecular formula is C17H23N3O3. The van der Waals surface area contributed by atoms with Crippen LogP contribution in [-0.4, -0.2) is 49.0 Å². The lowest BCUT2D eigenvalue weighted by Gasteiger charge is -2.36. The monoisotopic (exact) mass is 317 g/mol. The number of ether oxygens (including phenoxy) is 1. The molecule has 1 atom stereocenters. The highest BCUT2D eigenvalue weighted by Gasteiger charge is 2.28. The van der Waals surface area contributed by atoms with E-state index < -0.39 is 0 Å². The van der Waals surface area contributed by atoms with E-state index in [4.69, 9.17) is 10.5 Å². The number of amides is 2. The number of benzene rings is 1. The summed E-state index contributed by atoms with van der Waals surface area (Å²) in [6.07, 6.45) is 3.45. The summed E-state index contributed by atoms with van der Waals surface area (Å²) < 4.78 is 5.42. The first-order valence-corrected chi connectivity index (χ1v) is 8.22. The first-order chi connectivity index (χ1) is 11.2. The first kappa shape index (κ1) is 15.8. The lowest BCUT2D eigenvalue weighted by atomic mass is 10.0. The summed E-state index contributed by atoms with van der Waals surface area (Å²) in [5, 5.41) is 0. The van der Waals surface area contributed by atoms with Gasteiger partial charge in [0, 0.05) is 32.1 Å². The molecule has 2 heterocycles. The van der Waals surface area contributed by atoms with Crippen molar-refractivity contribution in [3.05, 3.63) is 24.3 Å². The molecule has 0 bridgehead atoms. The van der Waals surface area contributed by atoms with Gasteiger partial charge in [0.2, 0.25) is 5.91 Å². The molecule has 2 aliphatic rings. The van der Waals surface area contributed by atoms with Crippen LogP contribution in [0.2, 0.25) is 0 Å². The van der Waals surface area contributed by atoms with Gasteiger partial charge in [0.05, 0.1) is 5.69 Å². The minimum absolute atomic E-state index is 0.0281. The van der Waals surface area contributed by atoms with E-state index in [0.29, 0.717) is 25.3 Å². The van der Waals surface area contributed by atoms with Crippen LogP contribution in [0.25, 0.3) is 0 Å². The number of hydrogen-bond acceptors (Lipinski definition) is 4. The minimum Gasteiger partial charge on any atom is -0.482 e. The molecule has 1 unspecified atom stereocenters. The fourth-order valence-corrected chi connectivity index (χ4v) is 3.32. The van der Waals surface area contributed by atoms with Crippen LogP contribution in [0, 0.1) is 0 Å². The molecule has 124 valence electrons. The normalized spacial score (nSPS) is 20.9. The fourth-order valence-electron chi connectivity index (χ4n) is 3.32. The van der Waals surface area contributed by atoms with Gasteiger partial charge in [-0.15, -0.1) is 0 Å². The Labute approximate surface area is 136 Å². The summed E-state index contributed by atoms with van der Waals surface area (Å²) in [4.78, 5) is 28.2. The van der Waals surface area contributed by atoms with Crippen molar-refractivity contribution in [3.8, 4) is 5.75 Å². The number of hydrogen-bond donors (Lipinski definition) is 1. The molecule has 2 N–H and O–H groups in total. The summed E-state index contributed by atoms with van der Waals surface area (Å²) in [6.45, 7) is 1.69. The Bertz CT molecular complexity index is 590. The summed E-state index contributed by atoms with van der Waals surface area (Å²) in [7, 11) is 0. The van der Waals surface area contributed by atoms with Crippen LogP contribution in [0.15, 0.2) is 24.3 Å². The molecule has 3 rings (SSSR count). The van der Waals surface area contributed by atoms with Crippen LogP contribution in [0.1, 0.15) is 25.7 Å². The highest BCUT2D eigenvalue weighted by molar-refractivity contribution is 5.98. The third-order valence-electron chi connectivity index (χ3n) is 4.58. The number of para-hydroxylation sites is 2. The Kier molecular flexibility index (Phi) is 4.81. The Morgan fingerprint density at radius 2 is 2.13 bits per heavy atom. The van der Waals surface area contributed by atoms with Gasteiger partial charge in [-0.3, -0.25) is 9.59 Å². The Balaban J connectivity index is 1.65. The van der Waals surface area contributed by atoms with E-state index in [1.807, 2.05) is 29.2 Å². The van der Waals surface area contributed by atoms with E-state index in [2.05, 4.69) is 0 Å². The molecule has 2 aliphatic heterocycles. The van der Waals surface area contributed by atoms with Crippen LogP contribution in [-0.2, 0) is 9.59 Å². The predicted molar refractivity (Wildman–Crippen MR) is 87.3 cm³/mol. The molecular weight excluding hydrogens is 294 g/mol. The van der Waals surface area contributed by atoms with E-state index in [9.17, 15) is 9.59 Å². The minimum atomic E-state index is -0.106. The molecule has 1 fully saturated rings. The summed E-state index contributed by atoms with van der Waals surface area (Å²) in [5.74, 6) is 0.666. The quantitative estimate of drug-likeness (QED) is 0.903. The van der Waals surface area contributed by atoms with E-state index >= 15 is 0 Å². The zero-order chi connectivity index (χ0) is 16.2. The van der Waals surface area contributed by atoms with E-state index in [-0.39, 0.29) is 24.5 Å². The third kappa shape index (κ3) is 3.32. The maximum Gasteiger partial charge on any atom is 0.265 e. The van der Waals surface area contributed by atoms with Crippen LogP contribution in [0.5, 0.6) is 5.75 Å². The van der Waals surface area contributed by atoms with E-state index in [1.165, 1.54) is 0 Å². The van der Waals surface area contributed by atoms with Crippen LogP contribution in [0.3, 0.4) is 0 Å². The van der Waals surface area contributed by atoms with Gasteiger partial charge in [-0.05, 0) is 31.4 Å². The molecule has 6 nitrogen and oxygen atoms in total. The topological polar surface area (TPSA) is 75.9 Å². The molecule has 0 aliphatic carbocycles. The number of rotatable bonds is 4. The maximum absolute atomic E-state index is 12.5. The predicted octanol–water partition coefficient (Wildman–Crippen LogP) is 1.14. The van der Waals surface area contributed by atoms with E-state index in [1.54, 1.807) is 4.90 Å². The molecule has 0 radical (unpaired) electrons. The maximum atomic E-state index is 12.5. The molecule has 0 spiro atoms. The molecule has 0 aromatic heterocycles. The fraction of sp³-hybridized carbons (Fsp3) is 0.529. The van der Waals surface area contributed by atoms with Crippen molar-refractivity contribution < 1.29 is 14.3 Å². The number of anilines is 1. The van der Waals surface area contributed by atoms with Gasteiger partial charge in [0.25, 0.3) is 5.91 Å². The molecule has 23 heavy (non-hydrogen) atoms. The molecule has 1 aromatic carbocycles. The standard InChI is InChI=1S/C17H23N3O3/c18-11-13-5-3-4-9-19(13)16(21)8-10-20-14-6-1-2-7-15(14)23-12-17(20)22/h1-2,6-7,13H,3-5,8-12,18H2. The summed E-state index contributed by atoms with van der Waals surface area (Å²) in [5.41, 5.74) is 6.52. The Morgan fingerprint density at radius 1 is 1.30 bits per heavy atom. The van der Waals surface area contributed by atoms with E-state index in [0.717, 1.165) is 31.5 Å². The second-order valence-corrected chi connectivity index (χ2v) is 6.02. The largest absolute Gasteiger partial charge is 0.482 e. The second kappa shape index (κ2) is 7.00. The van der Waals surface area contributed by atoms with Gasteiger partial charge in [-0.25, -0.2) is 0 Å². The number of nitrogens with two attached hydrogens (primary N) is 1. The number of carbonyl (C=O) groups excluding carboxylic acids is 2. The number of likely N-dealkylation sites (tertiary alicyclic amines) is 1. The number of fused-ring (bicyclic) bond motifs is 1. The van der Waals surface area contributed by atoms with Gasteiger partial charge >= 0.3 is 0 Å². The van der Waals surface area contributed by atoms with Crippen molar-refractivity contribution >= 4 is 17.5 Å². The van der Waals surface area contributed by atoms with Gasteiger partial charge in [0.15, 0.2) is 6.61 Å². The van der Waals surface area contributed by atoms with Crippen molar-refractivity contribution in [2.24, 2.45) is 5.73 Å². The van der Waals surface area contributed by atoms with Gasteiger partial charge < -0.3 is 20.3 Å². The van der Waals surface area contributed by atoms with Crippen molar-refractivity contribution in [1.82, 2.24) is 4.90 Å². The molecule has 2 amide bonds. The van der Waals surface area contributed by atoms with Crippen LogP contribution < -0.4 is 15.4 Å². The molecule has 1 saturated heterocycles. The highest BCUT2D eigenvalue weighted by Crippen LogP contribution is 2.31. The van der Waals surface area contributed by atoms with Gasteiger partial charge in [-0.1, -0.05) is 12.1 Å². The zero-order valence-corrected chi connectivity index (χ0v) is 13.2. The summed E-state index contributed by atoms with van der Waals surface area (Å²) in [6, 6.07) is 7.57. The summed E-state index contributed by atoms with van der Waals surface area (Å²) >= 11 is 0. The van der Waals surface area contributed by atoms with Crippen molar-refractivity contribution in [3.63, 3.8) is 0 Å². The SMILES string of the molecule is NCC1CCCCN1C(=O)CCN1C(=O)COc2ccccc21. The molecule has 0 saturated carbocycles. The number of carbonyl (C=O) groups is 2. The molecule has 1 aromatic rings. The zero-order valence-electron chi connectivity index (χ0n) is 13.2. The van der Waals surface area contributed by atoms with Gasteiger partial charge in [-0.2, -0.15) is 0 Å². The van der Waals surface area contributed by atoms with Crippen LogP contribution in [0.4, 0.5) is 5.69 Å². The number of piperidine rings is 1. The van der Waals surface area contributed by atoms with Crippen molar-refractivity contribution in [2.45, 2.75) is 31.7 Å². The smallest absolute Gasteiger partial charge is 0.265 e. The Hall–Kier alpha value is -2.08. The lowest BCUT2D eigenvalue weighted by Crippen LogP contribution is -2.48. The second-order valence-electron chi connectivity index (χ2n) is 6.02. The first-order valence-electron chi connectivity index (χ1n) is 8.22. The average Bonchev–Trinajstić information content (AvgIpc) is 2.60. The van der Waals surface area contributed by atoms with Crippen molar-refractivity contribution in [2.75, 3.05) is 31.1 Å². The van der Waals surface area contributed by atoms with Crippen molar-refractivity contribution in [1.29, 1.82) is 0 Å². The molecule has 6 heteroatoms. The lowest BCUT2D eigenvalue weighted by molar-refractivity contribution is -0.134. The average molecular weight is 317 g/mol. The van der Waals surface area contributed by atoms with Gasteiger partial charge in [0.1, 0.15) is 5.75 Å². The number of nitrogens with zero attached hydrogens (tertiary/aromatic N) is 2. The highest BCUT2D eigenvalue weighted by atomic mass is 16.5. The van der Waals surface area contributed by atoms with Crippen LogP contribution >= 0.6 is 0 Å².